The molecule has 1 aromatic carbocycles. The molecule has 1 atom stereocenters. The van der Waals surface area contributed by atoms with Crippen molar-refractivity contribution in [3.05, 3.63) is 29.6 Å². The number of benzene rings is 1. The Kier molecular flexibility index (Phi) is 6.48. The van der Waals surface area contributed by atoms with Crippen LogP contribution in [0.5, 0.6) is 0 Å². The lowest BCUT2D eigenvalue weighted by Crippen LogP contribution is -2.38. The third-order valence-corrected chi connectivity index (χ3v) is 3.82. The lowest BCUT2D eigenvalue weighted by Gasteiger charge is -2.25. The van der Waals surface area contributed by atoms with Crippen molar-refractivity contribution in [1.29, 1.82) is 0 Å². The highest BCUT2D eigenvalue weighted by Crippen LogP contribution is 2.18. The van der Waals surface area contributed by atoms with E-state index in [0.29, 0.717) is 0 Å². The van der Waals surface area contributed by atoms with Gasteiger partial charge in [-0.3, -0.25) is 0 Å². The van der Waals surface area contributed by atoms with Gasteiger partial charge in [-0.1, -0.05) is 0 Å². The Morgan fingerprint density at radius 3 is 2.71 bits per heavy atom. The van der Waals surface area contributed by atoms with Crippen LogP contribution in [0.4, 0.5) is 14.9 Å². The highest BCUT2D eigenvalue weighted by atomic mass is 32.2. The zero-order chi connectivity index (χ0) is 16.0. The van der Waals surface area contributed by atoms with Crippen LogP contribution in [0.15, 0.2) is 18.2 Å². The van der Waals surface area contributed by atoms with E-state index in [4.69, 9.17) is 5.11 Å². The lowest BCUT2D eigenvalue weighted by atomic mass is 10.1. The predicted molar refractivity (Wildman–Crippen MR) is 82.6 cm³/mol. The zero-order valence-electron chi connectivity index (χ0n) is 12.2. The Bertz CT molecular complexity index is 525. The second-order valence-corrected chi connectivity index (χ2v) is 5.65. The van der Waals surface area contributed by atoms with E-state index in [1.165, 1.54) is 4.90 Å². The van der Waals surface area contributed by atoms with E-state index in [2.05, 4.69) is 5.32 Å². The third-order valence-electron chi connectivity index (χ3n) is 3.17. The maximum atomic E-state index is 13.2. The van der Waals surface area contributed by atoms with Gasteiger partial charge in [0.25, 0.3) is 0 Å². The molecule has 116 valence electrons. The average Bonchev–Trinajstić information content (AvgIpc) is 2.43. The van der Waals surface area contributed by atoms with Gasteiger partial charge in [-0.15, -0.1) is 0 Å². The van der Waals surface area contributed by atoms with Crippen LogP contribution in [0.25, 0.3) is 0 Å². The number of aromatic carboxylic acids is 1. The number of urea groups is 1. The summed E-state index contributed by atoms with van der Waals surface area (Å²) in [5.74, 6) is -0.907. The molecule has 2 N–H and O–H groups in total. The average molecular weight is 314 g/mol. The maximum absolute atomic E-state index is 13.2. The minimum atomic E-state index is -1.22. The fraction of sp³-hybridized carbons (Fsp3) is 0.429. The van der Waals surface area contributed by atoms with Crippen molar-refractivity contribution in [2.75, 3.05) is 24.4 Å². The molecule has 0 saturated carbocycles. The molecule has 21 heavy (non-hydrogen) atoms. The molecular weight excluding hydrogens is 295 g/mol. The summed E-state index contributed by atoms with van der Waals surface area (Å²) < 4.78 is 13.2. The minimum Gasteiger partial charge on any atom is -0.478 e. The van der Waals surface area contributed by atoms with Gasteiger partial charge in [0, 0.05) is 13.1 Å². The third kappa shape index (κ3) is 4.93. The number of rotatable bonds is 6. The Hall–Kier alpha value is -1.76. The standard InChI is InChI=1S/C14H19FN2O3S/c1-9(6-7-21-3)17(2)14(20)16-12-8-10(15)4-5-11(12)13(18)19/h4-5,8-9H,6-7H2,1-3H3,(H,16,20)(H,18,19). The van der Waals surface area contributed by atoms with E-state index in [1.807, 2.05) is 13.2 Å². The van der Waals surface area contributed by atoms with E-state index in [9.17, 15) is 14.0 Å². The van der Waals surface area contributed by atoms with Gasteiger partial charge in [0.05, 0.1) is 11.3 Å². The second kappa shape index (κ2) is 7.87. The number of thioether (sulfide) groups is 1. The van der Waals surface area contributed by atoms with E-state index in [1.54, 1.807) is 18.8 Å². The Morgan fingerprint density at radius 1 is 1.48 bits per heavy atom. The SMILES string of the molecule is CSCCC(C)N(C)C(=O)Nc1cc(F)ccc1C(=O)O. The number of nitrogens with zero attached hydrogens (tertiary/aromatic N) is 1. The Morgan fingerprint density at radius 2 is 2.14 bits per heavy atom. The summed E-state index contributed by atoms with van der Waals surface area (Å²) >= 11 is 1.69. The Labute approximate surface area is 127 Å². The highest BCUT2D eigenvalue weighted by Gasteiger charge is 2.18. The van der Waals surface area contributed by atoms with Crippen LogP contribution in [0.3, 0.4) is 0 Å². The van der Waals surface area contributed by atoms with Crippen molar-refractivity contribution in [2.24, 2.45) is 0 Å². The lowest BCUT2D eigenvalue weighted by molar-refractivity contribution is 0.0698. The number of carboxylic acids is 1. The van der Waals surface area contributed by atoms with Gasteiger partial charge in [0.1, 0.15) is 5.82 Å². The molecule has 0 aliphatic carbocycles. The summed E-state index contributed by atoms with van der Waals surface area (Å²) in [4.78, 5) is 24.6. The molecule has 5 nitrogen and oxygen atoms in total. The van der Waals surface area contributed by atoms with E-state index < -0.39 is 17.8 Å². The molecule has 0 fully saturated rings. The molecule has 0 bridgehead atoms. The molecule has 1 aromatic rings. The molecular formula is C14H19FN2O3S. The summed E-state index contributed by atoms with van der Waals surface area (Å²) in [7, 11) is 1.63. The maximum Gasteiger partial charge on any atom is 0.337 e. The number of halogens is 1. The van der Waals surface area contributed by atoms with E-state index in [0.717, 1.165) is 30.4 Å². The fourth-order valence-electron chi connectivity index (χ4n) is 1.69. The molecule has 1 unspecified atom stereocenters. The first-order valence-electron chi connectivity index (χ1n) is 6.42. The van der Waals surface area contributed by atoms with Crippen molar-refractivity contribution in [3.8, 4) is 0 Å². The van der Waals surface area contributed by atoms with Crippen LogP contribution in [-0.4, -0.2) is 47.1 Å². The molecule has 0 aliphatic heterocycles. The number of carbonyl (C=O) groups excluding carboxylic acids is 1. The summed E-state index contributed by atoms with van der Waals surface area (Å²) in [5.41, 5.74) is -0.189. The van der Waals surface area contributed by atoms with Gasteiger partial charge >= 0.3 is 12.0 Å². The molecule has 0 aliphatic rings. The quantitative estimate of drug-likeness (QED) is 0.846. The fourth-order valence-corrected chi connectivity index (χ4v) is 2.27. The largest absolute Gasteiger partial charge is 0.478 e. The number of hydrogen-bond donors (Lipinski definition) is 2. The van der Waals surface area contributed by atoms with Crippen LogP contribution < -0.4 is 5.32 Å². The van der Waals surface area contributed by atoms with Crippen molar-refractivity contribution in [2.45, 2.75) is 19.4 Å². The van der Waals surface area contributed by atoms with E-state index in [-0.39, 0.29) is 17.3 Å². The van der Waals surface area contributed by atoms with Gasteiger partial charge in [-0.25, -0.2) is 14.0 Å². The Balaban J connectivity index is 2.83. The normalized spacial score (nSPS) is 11.8. The topological polar surface area (TPSA) is 69.6 Å². The predicted octanol–water partition coefficient (Wildman–Crippen LogP) is 3.13. The second-order valence-electron chi connectivity index (χ2n) is 4.67. The minimum absolute atomic E-state index is 0.000660. The van der Waals surface area contributed by atoms with Crippen molar-refractivity contribution in [3.63, 3.8) is 0 Å². The van der Waals surface area contributed by atoms with Crippen molar-refractivity contribution >= 4 is 29.4 Å². The van der Waals surface area contributed by atoms with Crippen LogP contribution in [-0.2, 0) is 0 Å². The highest BCUT2D eigenvalue weighted by molar-refractivity contribution is 7.98. The number of hydrogen-bond acceptors (Lipinski definition) is 3. The molecule has 0 radical (unpaired) electrons. The van der Waals surface area contributed by atoms with Gasteiger partial charge in [0.2, 0.25) is 0 Å². The number of amides is 2. The first-order valence-corrected chi connectivity index (χ1v) is 7.81. The number of anilines is 1. The van der Waals surface area contributed by atoms with Crippen LogP contribution >= 0.6 is 11.8 Å². The zero-order valence-corrected chi connectivity index (χ0v) is 13.0. The van der Waals surface area contributed by atoms with Gasteiger partial charge in [0.15, 0.2) is 0 Å². The molecule has 2 amide bonds. The smallest absolute Gasteiger partial charge is 0.337 e. The van der Waals surface area contributed by atoms with Crippen LogP contribution in [0.1, 0.15) is 23.7 Å². The van der Waals surface area contributed by atoms with Gasteiger partial charge in [-0.05, 0) is 43.6 Å². The molecule has 0 spiro atoms. The van der Waals surface area contributed by atoms with Crippen LogP contribution in [0.2, 0.25) is 0 Å². The summed E-state index contributed by atoms with van der Waals surface area (Å²) in [6.45, 7) is 1.90. The number of nitrogens with one attached hydrogen (secondary N) is 1. The molecule has 7 heteroatoms. The molecule has 1 rings (SSSR count). The van der Waals surface area contributed by atoms with Crippen molar-refractivity contribution < 1.29 is 19.1 Å². The summed E-state index contributed by atoms with van der Waals surface area (Å²) in [5, 5.41) is 11.5. The molecule has 0 saturated heterocycles. The number of carbonyl (C=O) groups is 2. The van der Waals surface area contributed by atoms with Crippen LogP contribution in [0, 0.1) is 5.82 Å². The molecule has 0 heterocycles. The summed E-state index contributed by atoms with van der Waals surface area (Å²) in [6.07, 6.45) is 2.80. The summed E-state index contributed by atoms with van der Waals surface area (Å²) in [6, 6.07) is 2.71. The van der Waals surface area contributed by atoms with Gasteiger partial charge < -0.3 is 15.3 Å². The first kappa shape index (κ1) is 17.3. The van der Waals surface area contributed by atoms with Gasteiger partial charge in [-0.2, -0.15) is 11.8 Å². The molecule has 0 aromatic heterocycles. The van der Waals surface area contributed by atoms with E-state index >= 15 is 0 Å². The monoisotopic (exact) mass is 314 g/mol. The number of carboxylic acid groups (broad SMARTS) is 1. The van der Waals surface area contributed by atoms with Crippen molar-refractivity contribution in [1.82, 2.24) is 4.90 Å². The first-order chi connectivity index (χ1) is 9.86.